The fourth-order valence-corrected chi connectivity index (χ4v) is 3.82. The average molecular weight is 621 g/mol. The van der Waals surface area contributed by atoms with Gasteiger partial charge in [-0.3, -0.25) is 5.01 Å². The molecule has 2 rings (SSSR count). The number of anilines is 1. The van der Waals surface area contributed by atoms with Crippen LogP contribution in [-0.4, -0.2) is 47.8 Å². The van der Waals surface area contributed by atoms with Gasteiger partial charge >= 0.3 is 0 Å². The van der Waals surface area contributed by atoms with E-state index in [1.165, 1.54) is 25.1 Å². The Hall–Kier alpha value is -2.61. The van der Waals surface area contributed by atoms with E-state index in [1.807, 2.05) is 104 Å². The maximum Gasteiger partial charge on any atom is 0.141 e. The van der Waals surface area contributed by atoms with Crippen molar-refractivity contribution in [1.82, 2.24) is 10.3 Å². The standard InChI is InChI=1S/C16H21FN2.C14H20FN2OP.C2H6.CH5P/c1-12(2)6-11-16(13(3)4)19(18-5)15-9-7-14(17)8-10-15;1-3-12-11(5-4-8-16)6-9-17(12)10-7-14(2,18)13(15)19;2*1-2/h6-11,18H,1H2,2-5H3;3-6,9,11-13,18H,1,7,10,19H2,2H3;1-2H3;2H2,1H3/b11-6-;5-4+;;. The minimum absolute atomic E-state index is 0.0444. The Morgan fingerprint density at radius 2 is 1.81 bits per heavy atom. The molecule has 0 spiro atoms. The number of hydrogen-bond acceptors (Lipinski definition) is 5. The van der Waals surface area contributed by atoms with Gasteiger partial charge in [0.05, 0.1) is 29.1 Å². The van der Waals surface area contributed by atoms with E-state index in [4.69, 9.17) is 5.26 Å². The summed E-state index contributed by atoms with van der Waals surface area (Å²) < 4.78 is 26.2. The molecular formula is C33H52F2N4OP2. The highest BCUT2D eigenvalue weighted by Crippen LogP contribution is 2.28. The third-order valence-corrected chi connectivity index (χ3v) is 6.69. The maximum absolute atomic E-state index is 13.2. The number of hydrazine groups is 1. The first-order valence-electron chi connectivity index (χ1n) is 13.9. The normalized spacial score (nSPS) is 17.4. The number of halogens is 2. The van der Waals surface area contributed by atoms with Gasteiger partial charge < -0.3 is 10.0 Å². The van der Waals surface area contributed by atoms with Gasteiger partial charge in [0.2, 0.25) is 0 Å². The summed E-state index contributed by atoms with van der Waals surface area (Å²) in [7, 11) is 6.24. The smallest absolute Gasteiger partial charge is 0.141 e. The van der Waals surface area contributed by atoms with Crippen LogP contribution in [0.15, 0.2) is 96.9 Å². The number of nitrogens with one attached hydrogen (secondary N) is 1. The van der Waals surface area contributed by atoms with Gasteiger partial charge in [0, 0.05) is 25.6 Å². The zero-order valence-electron chi connectivity index (χ0n) is 26.6. The van der Waals surface area contributed by atoms with Crippen molar-refractivity contribution in [2.75, 3.05) is 25.3 Å². The zero-order valence-corrected chi connectivity index (χ0v) is 28.9. The number of benzene rings is 1. The van der Waals surface area contributed by atoms with E-state index >= 15 is 0 Å². The Morgan fingerprint density at radius 1 is 1.24 bits per heavy atom. The van der Waals surface area contributed by atoms with Gasteiger partial charge in [0.1, 0.15) is 11.7 Å². The maximum atomic E-state index is 13.2. The summed E-state index contributed by atoms with van der Waals surface area (Å²) in [6, 6.07) is 8.39. The Labute approximate surface area is 258 Å². The molecule has 9 heteroatoms. The van der Waals surface area contributed by atoms with Crippen molar-refractivity contribution in [3.63, 3.8) is 0 Å². The molecule has 0 fully saturated rings. The second kappa shape index (κ2) is 22.9. The van der Waals surface area contributed by atoms with Crippen LogP contribution in [0.1, 0.15) is 48.0 Å². The molecule has 1 heterocycles. The molecule has 6 atom stereocenters. The van der Waals surface area contributed by atoms with E-state index in [-0.39, 0.29) is 17.8 Å². The van der Waals surface area contributed by atoms with Crippen molar-refractivity contribution in [3.05, 3.63) is 103 Å². The molecule has 0 aliphatic carbocycles. The molecule has 1 aliphatic rings. The largest absolute Gasteiger partial charge is 0.387 e. The van der Waals surface area contributed by atoms with Crippen LogP contribution >= 0.6 is 18.5 Å². The molecule has 5 nitrogen and oxygen atoms in total. The van der Waals surface area contributed by atoms with Crippen molar-refractivity contribution < 1.29 is 13.9 Å². The molecule has 0 aromatic heterocycles. The Bertz CT molecular complexity index is 1090. The molecule has 1 aliphatic heterocycles. The van der Waals surface area contributed by atoms with Crippen molar-refractivity contribution in [2.24, 2.45) is 5.92 Å². The van der Waals surface area contributed by atoms with Gasteiger partial charge in [-0.1, -0.05) is 71.8 Å². The van der Waals surface area contributed by atoms with Crippen molar-refractivity contribution in [2.45, 2.75) is 65.5 Å². The second-order valence-corrected chi connectivity index (χ2v) is 10.1. The Balaban J connectivity index is 0. The van der Waals surface area contributed by atoms with Crippen LogP contribution in [0.5, 0.6) is 0 Å². The Kier molecular flexibility index (Phi) is 22.7. The quantitative estimate of drug-likeness (QED) is 0.0861. The molecule has 1 aromatic rings. The van der Waals surface area contributed by atoms with E-state index in [1.54, 1.807) is 18.2 Å². The highest BCUT2D eigenvalue weighted by atomic mass is 31.0. The average Bonchev–Trinajstić information content (AvgIpc) is 3.37. The molecule has 234 valence electrons. The third-order valence-electron chi connectivity index (χ3n) is 5.97. The molecule has 0 radical (unpaired) electrons. The molecule has 1 aromatic carbocycles. The van der Waals surface area contributed by atoms with Gasteiger partial charge in [-0.2, -0.15) is 5.26 Å². The minimum atomic E-state index is -1.36. The van der Waals surface area contributed by atoms with E-state index in [9.17, 15) is 13.9 Å². The molecule has 6 unspecified atom stereocenters. The molecule has 0 saturated carbocycles. The first-order chi connectivity index (χ1) is 19.9. The van der Waals surface area contributed by atoms with Crippen LogP contribution in [0.25, 0.3) is 0 Å². The number of nitrogens with zero attached hydrogens (tertiary/aromatic N) is 3. The number of alkyl halides is 1. The van der Waals surface area contributed by atoms with Crippen LogP contribution in [0.3, 0.4) is 0 Å². The summed E-state index contributed by atoms with van der Waals surface area (Å²) in [4.78, 5) is 2.00. The van der Waals surface area contributed by atoms with E-state index in [2.05, 4.69) is 27.8 Å². The number of rotatable bonds is 11. The number of aliphatic hydroxyl groups is 1. The summed E-state index contributed by atoms with van der Waals surface area (Å²) in [5.74, 6) is -1.49. The number of nitriles is 1. The van der Waals surface area contributed by atoms with E-state index < -0.39 is 11.5 Å². The van der Waals surface area contributed by atoms with Gasteiger partial charge in [-0.25, -0.2) is 14.2 Å². The summed E-state index contributed by atoms with van der Waals surface area (Å²) in [6.45, 7) is 21.6. The summed E-state index contributed by atoms with van der Waals surface area (Å²) in [6.07, 6.45) is 13.2. The lowest BCUT2D eigenvalue weighted by Crippen LogP contribution is -2.38. The van der Waals surface area contributed by atoms with Crippen molar-refractivity contribution >= 4 is 24.2 Å². The predicted octanol–water partition coefficient (Wildman–Crippen LogP) is 8.09. The summed E-state index contributed by atoms with van der Waals surface area (Å²) in [5.41, 5.74) is 5.78. The number of allylic oxidation sites excluding steroid dienone is 5. The van der Waals surface area contributed by atoms with Gasteiger partial charge in [-0.15, -0.1) is 15.8 Å². The van der Waals surface area contributed by atoms with Crippen LogP contribution in [0, 0.1) is 23.1 Å². The minimum Gasteiger partial charge on any atom is -0.387 e. The Morgan fingerprint density at radius 3 is 2.24 bits per heavy atom. The lowest BCUT2D eigenvalue weighted by molar-refractivity contribution is 0.00371. The van der Waals surface area contributed by atoms with Crippen LogP contribution in [-0.2, 0) is 0 Å². The molecule has 42 heavy (non-hydrogen) atoms. The van der Waals surface area contributed by atoms with E-state index in [0.29, 0.717) is 13.0 Å². The van der Waals surface area contributed by atoms with Gasteiger partial charge in [0.15, 0.2) is 0 Å². The third kappa shape index (κ3) is 15.0. The summed E-state index contributed by atoms with van der Waals surface area (Å²) in [5, 5.41) is 20.3. The van der Waals surface area contributed by atoms with Crippen molar-refractivity contribution in [1.29, 1.82) is 5.26 Å². The first-order valence-corrected chi connectivity index (χ1v) is 15.8. The fourth-order valence-electron chi connectivity index (χ4n) is 3.65. The fraction of sp³-hybridized carbons (Fsp3) is 0.424. The highest BCUT2D eigenvalue weighted by Gasteiger charge is 2.31. The first kappa shape index (κ1) is 41.5. The highest BCUT2D eigenvalue weighted by molar-refractivity contribution is 7.17. The van der Waals surface area contributed by atoms with Gasteiger partial charge in [0.25, 0.3) is 0 Å². The second-order valence-electron chi connectivity index (χ2n) is 9.48. The zero-order chi connectivity index (χ0) is 32.9. The molecule has 0 amide bonds. The van der Waals surface area contributed by atoms with Crippen molar-refractivity contribution in [3.8, 4) is 6.07 Å². The van der Waals surface area contributed by atoms with Crippen LogP contribution in [0.2, 0.25) is 0 Å². The van der Waals surface area contributed by atoms with Gasteiger partial charge in [-0.05, 0) is 70.7 Å². The molecular weight excluding hydrogens is 568 g/mol. The molecule has 2 N–H and O–H groups in total. The predicted molar refractivity (Wildman–Crippen MR) is 185 cm³/mol. The SMILES string of the molecule is C=C(C)/C=C\C(=C(C)C)N(NC)c1ccc(F)cc1.C=CC1C(/C=C/C#N)C=CN1CCC(C)(O)C(F)P.CC.CP. The summed E-state index contributed by atoms with van der Waals surface area (Å²) >= 11 is 0. The molecule has 0 bridgehead atoms. The van der Waals surface area contributed by atoms with Crippen LogP contribution < -0.4 is 10.4 Å². The van der Waals surface area contributed by atoms with E-state index in [0.717, 1.165) is 22.5 Å². The lowest BCUT2D eigenvalue weighted by atomic mass is 10.00. The molecule has 0 saturated heterocycles. The monoisotopic (exact) mass is 620 g/mol. The number of hydrogen-bond donors (Lipinski definition) is 2. The lowest BCUT2D eigenvalue weighted by Gasteiger charge is -2.31. The van der Waals surface area contributed by atoms with Crippen LogP contribution in [0.4, 0.5) is 14.5 Å². The topological polar surface area (TPSA) is 62.5 Å².